The molecule has 0 bridgehead atoms. The van der Waals surface area contributed by atoms with Crippen molar-refractivity contribution < 1.29 is 4.42 Å². The van der Waals surface area contributed by atoms with Crippen LogP contribution in [0.25, 0.3) is 16.9 Å². The van der Waals surface area contributed by atoms with Gasteiger partial charge in [-0.1, -0.05) is 0 Å². The highest BCUT2D eigenvalue weighted by molar-refractivity contribution is 5.71. The number of aromatic nitrogens is 4. The Hall–Kier alpha value is -3.19. The van der Waals surface area contributed by atoms with Crippen LogP contribution >= 0.6 is 0 Å². The molecule has 0 saturated carbocycles. The molecule has 1 saturated heterocycles. The van der Waals surface area contributed by atoms with Crippen molar-refractivity contribution in [1.82, 2.24) is 24.3 Å². The Kier molecular flexibility index (Phi) is 4.06. The molecule has 0 N–H and O–H groups in total. The second-order valence-corrected chi connectivity index (χ2v) is 6.67. The monoisotopic (exact) mass is 360 g/mol. The van der Waals surface area contributed by atoms with E-state index >= 15 is 0 Å². The van der Waals surface area contributed by atoms with Crippen LogP contribution in [0.1, 0.15) is 5.76 Å². The zero-order chi connectivity index (χ0) is 18.1. The van der Waals surface area contributed by atoms with Crippen molar-refractivity contribution in [3.63, 3.8) is 0 Å². The van der Waals surface area contributed by atoms with Gasteiger partial charge in [0.05, 0.1) is 24.7 Å². The Morgan fingerprint density at radius 3 is 2.59 bits per heavy atom. The Morgan fingerprint density at radius 1 is 0.963 bits per heavy atom. The van der Waals surface area contributed by atoms with Gasteiger partial charge in [-0.05, 0) is 24.3 Å². The zero-order valence-electron chi connectivity index (χ0n) is 14.9. The van der Waals surface area contributed by atoms with E-state index in [4.69, 9.17) is 4.42 Å². The molecule has 0 spiro atoms. The van der Waals surface area contributed by atoms with Crippen LogP contribution in [-0.4, -0.2) is 50.4 Å². The third-order valence-electron chi connectivity index (χ3n) is 5.02. The van der Waals surface area contributed by atoms with Gasteiger partial charge in [0.15, 0.2) is 11.5 Å². The fourth-order valence-electron chi connectivity index (χ4n) is 3.61. The average molecular weight is 360 g/mol. The van der Waals surface area contributed by atoms with E-state index in [1.165, 1.54) is 0 Å². The summed E-state index contributed by atoms with van der Waals surface area (Å²) in [4.78, 5) is 18.1. The molecule has 5 rings (SSSR count). The lowest BCUT2D eigenvalue weighted by Crippen LogP contribution is -2.46. The molecule has 136 valence electrons. The van der Waals surface area contributed by atoms with Crippen LogP contribution < -0.4 is 4.90 Å². The van der Waals surface area contributed by atoms with E-state index in [2.05, 4.69) is 29.2 Å². The van der Waals surface area contributed by atoms with Crippen molar-refractivity contribution in [1.29, 1.82) is 0 Å². The van der Waals surface area contributed by atoms with Crippen LogP contribution in [0.5, 0.6) is 0 Å². The lowest BCUT2D eigenvalue weighted by Gasteiger charge is -2.34. The highest BCUT2D eigenvalue weighted by atomic mass is 16.3. The summed E-state index contributed by atoms with van der Waals surface area (Å²) in [7, 11) is 0. The molecule has 7 heteroatoms. The van der Waals surface area contributed by atoms with Crippen molar-refractivity contribution in [3.05, 3.63) is 67.3 Å². The van der Waals surface area contributed by atoms with Gasteiger partial charge in [-0.3, -0.25) is 14.3 Å². The molecule has 0 aliphatic carbocycles. The SMILES string of the molecule is c1coc(CN2CCN(c3nccn4c(-c5ccncc5)cnc34)CC2)c1. The van der Waals surface area contributed by atoms with Gasteiger partial charge in [0, 0.05) is 56.5 Å². The largest absolute Gasteiger partial charge is 0.468 e. The second-order valence-electron chi connectivity index (χ2n) is 6.67. The predicted molar refractivity (Wildman–Crippen MR) is 102 cm³/mol. The molecule has 1 aliphatic heterocycles. The molecule has 0 unspecified atom stereocenters. The number of hydrogen-bond acceptors (Lipinski definition) is 6. The van der Waals surface area contributed by atoms with E-state index < -0.39 is 0 Å². The van der Waals surface area contributed by atoms with Crippen LogP contribution in [-0.2, 0) is 6.54 Å². The molecular weight excluding hydrogens is 340 g/mol. The molecule has 0 aromatic carbocycles. The molecule has 0 amide bonds. The summed E-state index contributed by atoms with van der Waals surface area (Å²) in [5, 5.41) is 0. The van der Waals surface area contributed by atoms with Gasteiger partial charge in [-0.15, -0.1) is 0 Å². The van der Waals surface area contributed by atoms with Gasteiger partial charge in [0.1, 0.15) is 5.76 Å². The Labute approximate surface area is 156 Å². The first kappa shape index (κ1) is 16.0. The van der Waals surface area contributed by atoms with Gasteiger partial charge >= 0.3 is 0 Å². The van der Waals surface area contributed by atoms with E-state index in [0.29, 0.717) is 0 Å². The smallest absolute Gasteiger partial charge is 0.180 e. The number of furan rings is 1. The maximum Gasteiger partial charge on any atom is 0.180 e. The van der Waals surface area contributed by atoms with E-state index in [9.17, 15) is 0 Å². The molecule has 0 radical (unpaired) electrons. The quantitative estimate of drug-likeness (QED) is 0.558. The molecule has 1 aliphatic rings. The summed E-state index contributed by atoms with van der Waals surface area (Å²) >= 11 is 0. The number of anilines is 1. The molecule has 7 nitrogen and oxygen atoms in total. The fourth-order valence-corrected chi connectivity index (χ4v) is 3.61. The van der Waals surface area contributed by atoms with Gasteiger partial charge < -0.3 is 9.32 Å². The first-order chi connectivity index (χ1) is 13.4. The van der Waals surface area contributed by atoms with Crippen LogP contribution in [0.4, 0.5) is 5.82 Å². The lowest BCUT2D eigenvalue weighted by atomic mass is 10.2. The highest BCUT2D eigenvalue weighted by Crippen LogP contribution is 2.25. The first-order valence-corrected chi connectivity index (χ1v) is 9.10. The number of rotatable bonds is 4. The minimum absolute atomic E-state index is 0.855. The van der Waals surface area contributed by atoms with Gasteiger partial charge in [-0.2, -0.15) is 0 Å². The van der Waals surface area contributed by atoms with E-state index in [1.54, 1.807) is 18.7 Å². The molecule has 0 atom stereocenters. The van der Waals surface area contributed by atoms with Crippen molar-refractivity contribution in [2.24, 2.45) is 0 Å². The predicted octanol–water partition coefficient (Wildman–Crippen LogP) is 2.71. The van der Waals surface area contributed by atoms with Crippen molar-refractivity contribution in [2.45, 2.75) is 6.54 Å². The number of fused-ring (bicyclic) bond motifs is 1. The molecular formula is C20H20N6O. The Bertz CT molecular complexity index is 1020. The summed E-state index contributed by atoms with van der Waals surface area (Å²) in [5.74, 6) is 1.95. The maximum absolute atomic E-state index is 5.46. The topological polar surface area (TPSA) is 62.7 Å². The highest BCUT2D eigenvalue weighted by Gasteiger charge is 2.22. The summed E-state index contributed by atoms with van der Waals surface area (Å²) < 4.78 is 7.57. The second kappa shape index (κ2) is 6.85. The zero-order valence-corrected chi connectivity index (χ0v) is 14.9. The standard InChI is InChI=1S/C20H20N6O/c1-2-17(27-13-1)15-24-9-11-25(12-10-24)19-20-23-14-18(26(20)8-7-22-19)16-3-5-21-6-4-16/h1-8,13-14H,9-12,15H2. The number of nitrogens with zero attached hydrogens (tertiary/aromatic N) is 6. The van der Waals surface area contributed by atoms with Gasteiger partial charge in [0.25, 0.3) is 0 Å². The normalized spacial score (nSPS) is 15.5. The van der Waals surface area contributed by atoms with Crippen molar-refractivity contribution >= 4 is 11.5 Å². The van der Waals surface area contributed by atoms with E-state index in [-0.39, 0.29) is 0 Å². The Morgan fingerprint density at radius 2 is 1.81 bits per heavy atom. The minimum Gasteiger partial charge on any atom is -0.468 e. The van der Waals surface area contributed by atoms with Crippen molar-refractivity contribution in [3.8, 4) is 11.3 Å². The number of hydrogen-bond donors (Lipinski definition) is 0. The molecule has 1 fully saturated rings. The summed E-state index contributed by atoms with van der Waals surface area (Å²) in [6, 6.07) is 7.96. The van der Waals surface area contributed by atoms with Crippen molar-refractivity contribution in [2.75, 3.05) is 31.1 Å². The number of imidazole rings is 1. The summed E-state index contributed by atoms with van der Waals surface area (Å²) in [5.41, 5.74) is 3.04. The number of pyridine rings is 1. The molecule has 4 aromatic rings. The number of piperazine rings is 1. The Balaban J connectivity index is 1.37. The van der Waals surface area contributed by atoms with Crippen LogP contribution in [0.3, 0.4) is 0 Å². The van der Waals surface area contributed by atoms with Crippen LogP contribution in [0, 0.1) is 0 Å². The summed E-state index contributed by atoms with van der Waals surface area (Å²) in [6.07, 6.45) is 11.1. The average Bonchev–Trinajstić information content (AvgIpc) is 3.39. The van der Waals surface area contributed by atoms with E-state index in [1.807, 2.05) is 42.9 Å². The first-order valence-electron chi connectivity index (χ1n) is 9.10. The summed E-state index contributed by atoms with van der Waals surface area (Å²) in [6.45, 7) is 4.65. The molecule has 4 aromatic heterocycles. The third-order valence-corrected chi connectivity index (χ3v) is 5.02. The van der Waals surface area contributed by atoms with E-state index in [0.717, 1.165) is 61.2 Å². The third kappa shape index (κ3) is 3.06. The molecule has 27 heavy (non-hydrogen) atoms. The van der Waals surface area contributed by atoms with Crippen LogP contribution in [0.15, 0.2) is 65.9 Å². The lowest BCUT2D eigenvalue weighted by molar-refractivity contribution is 0.230. The van der Waals surface area contributed by atoms with Crippen LogP contribution in [0.2, 0.25) is 0 Å². The maximum atomic E-state index is 5.46. The molecule has 5 heterocycles. The van der Waals surface area contributed by atoms with Gasteiger partial charge in [-0.25, -0.2) is 9.97 Å². The minimum atomic E-state index is 0.855. The fraction of sp³-hybridized carbons (Fsp3) is 0.250. The van der Waals surface area contributed by atoms with Gasteiger partial charge in [0.2, 0.25) is 0 Å².